The molecule has 0 radical (unpaired) electrons. The molecule has 1 saturated heterocycles. The van der Waals surface area contributed by atoms with Gasteiger partial charge >= 0.3 is 17.9 Å². The summed E-state index contributed by atoms with van der Waals surface area (Å²) in [7, 11) is 0. The number of hydrogen-bond donors (Lipinski definition) is 1. The number of carbonyl (C=O) groups excluding carboxylic acids is 3. The lowest BCUT2D eigenvalue weighted by molar-refractivity contribution is -0.360. The summed E-state index contributed by atoms with van der Waals surface area (Å²) < 4.78 is 38.6. The Bertz CT molecular complexity index is 1380. The SMILES string of the molecule is CC(=O)OC[C@@]12[C@@H](OCc3ccccc3)CC[C@](C)(O)[C@]13OC(C)(C)[C@H]([C@H](OC(C)=O)[C@@H]2OCc1ccccc1)[C@H]3OC(C)=O. The van der Waals surface area contributed by atoms with Crippen LogP contribution in [0.25, 0.3) is 0 Å². The van der Waals surface area contributed by atoms with E-state index in [1.807, 2.05) is 74.5 Å². The van der Waals surface area contributed by atoms with E-state index in [0.29, 0.717) is 6.42 Å². The first-order chi connectivity index (χ1) is 21.2. The van der Waals surface area contributed by atoms with Crippen molar-refractivity contribution in [1.29, 1.82) is 0 Å². The van der Waals surface area contributed by atoms with Gasteiger partial charge in [-0.2, -0.15) is 0 Å². The molecule has 2 aromatic rings. The predicted molar refractivity (Wildman–Crippen MR) is 161 cm³/mol. The molecule has 3 fully saturated rings. The van der Waals surface area contributed by atoms with Crippen LogP contribution >= 0.6 is 0 Å². The molecular formula is C35H44O10. The highest BCUT2D eigenvalue weighted by Crippen LogP contribution is 2.69. The molecule has 2 aromatic carbocycles. The molecule has 2 saturated carbocycles. The van der Waals surface area contributed by atoms with Crippen molar-refractivity contribution in [2.75, 3.05) is 6.61 Å². The summed E-state index contributed by atoms with van der Waals surface area (Å²) in [6.45, 7) is 9.16. The normalized spacial score (nSPS) is 34.8. The van der Waals surface area contributed by atoms with Gasteiger partial charge in [-0.3, -0.25) is 14.4 Å². The van der Waals surface area contributed by atoms with Crippen LogP contribution in [-0.4, -0.2) is 70.8 Å². The minimum atomic E-state index is -1.70. The van der Waals surface area contributed by atoms with Crippen molar-refractivity contribution in [3.63, 3.8) is 0 Å². The molecule has 0 aromatic heterocycles. The standard InChI is InChI=1S/C35H44O10/c1-22(36)42-21-34-27(40-19-25-13-9-7-10-14-25)17-18-33(6,39)35(34)30(44-24(3)38)28(32(4,5)45-35)29(43-23(2)37)31(34)41-20-26-15-11-8-12-16-26/h7-16,27-31,39H,17-21H2,1-6H3/t27-,28+,29-,30+,31-,33-,34-,35-/m0/s1. The molecule has 0 amide bonds. The summed E-state index contributed by atoms with van der Waals surface area (Å²) in [5, 5.41) is 12.5. The minimum absolute atomic E-state index is 0.111. The van der Waals surface area contributed by atoms with Crippen LogP contribution < -0.4 is 0 Å². The molecule has 0 unspecified atom stereocenters. The molecule has 45 heavy (non-hydrogen) atoms. The Labute approximate surface area is 264 Å². The number of ether oxygens (including phenoxy) is 6. The highest BCUT2D eigenvalue weighted by atomic mass is 16.6. The van der Waals surface area contributed by atoms with Gasteiger partial charge in [0.05, 0.1) is 41.9 Å². The van der Waals surface area contributed by atoms with E-state index >= 15 is 0 Å². The van der Waals surface area contributed by atoms with Crippen molar-refractivity contribution in [2.24, 2.45) is 11.3 Å². The van der Waals surface area contributed by atoms with Crippen LogP contribution in [0.15, 0.2) is 60.7 Å². The first kappa shape index (κ1) is 33.1. The Hall–Kier alpha value is -3.31. The van der Waals surface area contributed by atoms with Gasteiger partial charge in [0.1, 0.15) is 30.5 Å². The topological polar surface area (TPSA) is 127 Å². The zero-order chi connectivity index (χ0) is 32.6. The molecule has 2 aliphatic carbocycles. The van der Waals surface area contributed by atoms with Gasteiger partial charge in [-0.05, 0) is 44.7 Å². The van der Waals surface area contributed by atoms with E-state index in [1.165, 1.54) is 20.8 Å². The molecule has 1 heterocycles. The van der Waals surface area contributed by atoms with Gasteiger partial charge in [-0.25, -0.2) is 0 Å². The van der Waals surface area contributed by atoms with Crippen molar-refractivity contribution in [2.45, 2.75) is 109 Å². The van der Waals surface area contributed by atoms with Gasteiger partial charge in [0, 0.05) is 20.8 Å². The minimum Gasteiger partial charge on any atom is -0.465 e. The summed E-state index contributed by atoms with van der Waals surface area (Å²) in [4.78, 5) is 38.2. The van der Waals surface area contributed by atoms with E-state index in [4.69, 9.17) is 28.4 Å². The third kappa shape index (κ3) is 5.78. The molecule has 10 heteroatoms. The van der Waals surface area contributed by atoms with Crippen molar-refractivity contribution < 1.29 is 47.9 Å². The summed E-state index contributed by atoms with van der Waals surface area (Å²) in [5.41, 5.74) is -4.18. The van der Waals surface area contributed by atoms with Crippen LogP contribution in [0.2, 0.25) is 0 Å². The number of rotatable bonds is 10. The zero-order valence-electron chi connectivity index (χ0n) is 26.8. The van der Waals surface area contributed by atoms with E-state index in [2.05, 4.69) is 0 Å². The number of fused-ring (bicyclic) bond motifs is 1. The summed E-state index contributed by atoms with van der Waals surface area (Å²) in [6.07, 6.45) is -3.38. The van der Waals surface area contributed by atoms with E-state index in [9.17, 15) is 19.5 Å². The highest BCUT2D eigenvalue weighted by Gasteiger charge is 2.86. The largest absolute Gasteiger partial charge is 0.465 e. The van der Waals surface area contributed by atoms with Gasteiger partial charge in [0.2, 0.25) is 0 Å². The smallest absolute Gasteiger partial charge is 0.303 e. The second kappa shape index (κ2) is 12.5. The van der Waals surface area contributed by atoms with Gasteiger partial charge in [-0.15, -0.1) is 0 Å². The molecule has 2 bridgehead atoms. The number of carbonyl (C=O) groups is 3. The van der Waals surface area contributed by atoms with E-state index < -0.39 is 70.5 Å². The lowest BCUT2D eigenvalue weighted by Gasteiger charge is -2.66. The molecule has 1 spiro atoms. The fraction of sp³-hybridized carbons (Fsp3) is 0.571. The average Bonchev–Trinajstić information content (AvgIpc) is 3.17. The molecule has 10 nitrogen and oxygen atoms in total. The van der Waals surface area contributed by atoms with Crippen LogP contribution in [-0.2, 0) is 56.0 Å². The molecule has 5 rings (SSSR count). The van der Waals surface area contributed by atoms with Gasteiger partial charge < -0.3 is 33.5 Å². The van der Waals surface area contributed by atoms with Crippen LogP contribution in [0.5, 0.6) is 0 Å². The monoisotopic (exact) mass is 624 g/mol. The lowest BCUT2D eigenvalue weighted by Crippen LogP contribution is -2.83. The molecular weight excluding hydrogens is 580 g/mol. The summed E-state index contributed by atoms with van der Waals surface area (Å²) in [5.74, 6) is -2.49. The third-order valence-electron chi connectivity index (χ3n) is 9.75. The number of esters is 3. The molecule has 244 valence electrons. The quantitative estimate of drug-likeness (QED) is 0.302. The first-order valence-electron chi connectivity index (χ1n) is 15.5. The number of benzene rings is 2. The predicted octanol–water partition coefficient (Wildman–Crippen LogP) is 4.29. The Morgan fingerprint density at radius 2 is 1.36 bits per heavy atom. The molecule has 8 atom stereocenters. The van der Waals surface area contributed by atoms with Crippen LogP contribution in [0.3, 0.4) is 0 Å². The lowest BCUT2D eigenvalue weighted by atomic mass is 9.46. The fourth-order valence-electron chi connectivity index (χ4n) is 8.15. The van der Waals surface area contributed by atoms with E-state index in [0.717, 1.165) is 11.1 Å². The Morgan fingerprint density at radius 1 is 0.800 bits per heavy atom. The Balaban J connectivity index is 1.77. The van der Waals surface area contributed by atoms with Crippen LogP contribution in [0.1, 0.15) is 65.5 Å². The van der Waals surface area contributed by atoms with Crippen molar-refractivity contribution >= 4 is 17.9 Å². The molecule has 1 aliphatic heterocycles. The van der Waals surface area contributed by atoms with E-state index in [1.54, 1.807) is 6.92 Å². The maximum absolute atomic E-state index is 12.8. The van der Waals surface area contributed by atoms with Crippen LogP contribution in [0.4, 0.5) is 0 Å². The second-order valence-electron chi connectivity index (χ2n) is 13.2. The Morgan fingerprint density at radius 3 is 1.89 bits per heavy atom. The third-order valence-corrected chi connectivity index (χ3v) is 9.75. The molecule has 3 aliphatic rings. The number of hydrogen-bond acceptors (Lipinski definition) is 10. The van der Waals surface area contributed by atoms with Crippen molar-refractivity contribution in [3.05, 3.63) is 71.8 Å². The Kier molecular flexibility index (Phi) is 9.16. The maximum Gasteiger partial charge on any atom is 0.303 e. The number of aliphatic hydroxyl groups is 1. The van der Waals surface area contributed by atoms with Gasteiger partial charge in [-0.1, -0.05) is 60.7 Å². The van der Waals surface area contributed by atoms with Crippen molar-refractivity contribution in [3.8, 4) is 0 Å². The molecule has 1 N–H and O–H groups in total. The second-order valence-corrected chi connectivity index (χ2v) is 13.2. The highest BCUT2D eigenvalue weighted by molar-refractivity contribution is 5.68. The first-order valence-corrected chi connectivity index (χ1v) is 15.5. The average molecular weight is 625 g/mol. The van der Waals surface area contributed by atoms with Crippen LogP contribution in [0, 0.1) is 11.3 Å². The van der Waals surface area contributed by atoms with E-state index in [-0.39, 0.29) is 26.2 Å². The van der Waals surface area contributed by atoms with Gasteiger partial charge in [0.15, 0.2) is 0 Å². The fourth-order valence-corrected chi connectivity index (χ4v) is 8.15. The maximum atomic E-state index is 12.8. The zero-order valence-corrected chi connectivity index (χ0v) is 26.8. The van der Waals surface area contributed by atoms with Crippen molar-refractivity contribution in [1.82, 2.24) is 0 Å². The van der Waals surface area contributed by atoms with Gasteiger partial charge in [0.25, 0.3) is 0 Å². The summed E-state index contributed by atoms with van der Waals surface area (Å²) >= 11 is 0. The summed E-state index contributed by atoms with van der Waals surface area (Å²) in [6, 6.07) is 19.1.